The number of hydrogen-bond acceptors (Lipinski definition) is 3. The summed E-state index contributed by atoms with van der Waals surface area (Å²) in [7, 11) is 0. The van der Waals surface area contributed by atoms with Gasteiger partial charge < -0.3 is 5.32 Å². The highest BCUT2D eigenvalue weighted by atomic mass is 35.5. The Balaban J connectivity index is 1.98. The molecule has 2 rings (SSSR count). The Morgan fingerprint density at radius 3 is 2.88 bits per heavy atom. The smallest absolute Gasteiger partial charge is 0.261 e. The molecular formula is C12H14ClNOS2. The summed E-state index contributed by atoms with van der Waals surface area (Å²) in [5, 5.41) is 4.90. The van der Waals surface area contributed by atoms with Gasteiger partial charge in [-0.05, 0) is 23.4 Å². The molecule has 0 aliphatic carbocycles. The zero-order valence-electron chi connectivity index (χ0n) is 9.70. The maximum Gasteiger partial charge on any atom is 0.261 e. The number of fused-ring (bicyclic) bond motifs is 1. The summed E-state index contributed by atoms with van der Waals surface area (Å²) in [6.45, 7) is 4.61. The number of carbonyl (C=O) groups excluding carboxylic acids is 1. The van der Waals surface area contributed by atoms with E-state index in [1.54, 1.807) is 11.3 Å². The molecule has 0 spiro atoms. The molecule has 2 heterocycles. The molecule has 0 saturated heterocycles. The lowest BCUT2D eigenvalue weighted by Crippen LogP contribution is -2.31. The largest absolute Gasteiger partial charge is 0.350 e. The second-order valence-corrected chi connectivity index (χ2v) is 6.82. The van der Waals surface area contributed by atoms with Crippen molar-refractivity contribution in [3.05, 3.63) is 22.4 Å². The Bertz CT molecular complexity index is 489. The van der Waals surface area contributed by atoms with Gasteiger partial charge in [0.1, 0.15) is 0 Å². The van der Waals surface area contributed by atoms with Crippen LogP contribution >= 0.6 is 34.3 Å². The maximum absolute atomic E-state index is 11.9. The fourth-order valence-corrected chi connectivity index (χ4v) is 3.49. The number of thiophene rings is 2. The standard InChI is InChI=1S/C12H14ClNOS2/c1-7(2)8(13)6-14-12(15)11-5-10-9(17-11)3-4-16-10/h3-5,7-8H,6H2,1-2H3,(H,14,15). The Morgan fingerprint density at radius 2 is 2.24 bits per heavy atom. The highest BCUT2D eigenvalue weighted by Gasteiger charge is 2.14. The summed E-state index contributed by atoms with van der Waals surface area (Å²) >= 11 is 9.28. The number of nitrogens with one attached hydrogen (secondary N) is 1. The van der Waals surface area contributed by atoms with Crippen LogP contribution in [-0.2, 0) is 0 Å². The molecule has 0 aromatic carbocycles. The summed E-state index contributed by atoms with van der Waals surface area (Å²) in [6, 6.07) is 3.98. The quantitative estimate of drug-likeness (QED) is 0.848. The third-order valence-corrected chi connectivity index (χ3v) is 5.29. The van der Waals surface area contributed by atoms with Crippen LogP contribution in [0.3, 0.4) is 0 Å². The minimum absolute atomic E-state index is 0.0139. The van der Waals surface area contributed by atoms with Crippen molar-refractivity contribution in [1.82, 2.24) is 5.32 Å². The van der Waals surface area contributed by atoms with Crippen LogP contribution in [0.25, 0.3) is 9.40 Å². The van der Waals surface area contributed by atoms with E-state index in [-0.39, 0.29) is 11.3 Å². The number of rotatable bonds is 4. The second-order valence-electron chi connectivity index (χ2n) is 4.23. The summed E-state index contributed by atoms with van der Waals surface area (Å²) in [6.07, 6.45) is 0. The molecule has 1 unspecified atom stereocenters. The van der Waals surface area contributed by atoms with Gasteiger partial charge in [0.15, 0.2) is 0 Å². The summed E-state index contributed by atoms with van der Waals surface area (Å²) in [5.74, 6) is 0.341. The van der Waals surface area contributed by atoms with Crippen molar-refractivity contribution >= 4 is 49.6 Å². The molecule has 0 saturated carbocycles. The van der Waals surface area contributed by atoms with Crippen molar-refractivity contribution in [2.45, 2.75) is 19.2 Å². The average molecular weight is 288 g/mol. The molecule has 0 aliphatic heterocycles. The van der Waals surface area contributed by atoms with E-state index in [4.69, 9.17) is 11.6 Å². The highest BCUT2D eigenvalue weighted by molar-refractivity contribution is 7.27. The second kappa shape index (κ2) is 5.38. The normalized spacial score (nSPS) is 13.2. The van der Waals surface area contributed by atoms with Gasteiger partial charge in [-0.15, -0.1) is 34.3 Å². The maximum atomic E-state index is 11.9. The van der Waals surface area contributed by atoms with Crippen molar-refractivity contribution in [3.8, 4) is 0 Å². The number of hydrogen-bond donors (Lipinski definition) is 1. The van der Waals surface area contributed by atoms with Crippen LogP contribution in [0.15, 0.2) is 17.5 Å². The van der Waals surface area contributed by atoms with E-state index >= 15 is 0 Å². The van der Waals surface area contributed by atoms with E-state index in [0.717, 1.165) is 4.88 Å². The van der Waals surface area contributed by atoms with Crippen LogP contribution in [0.5, 0.6) is 0 Å². The molecule has 17 heavy (non-hydrogen) atoms. The minimum atomic E-state index is -0.0234. The molecule has 0 aliphatic rings. The zero-order chi connectivity index (χ0) is 12.4. The van der Waals surface area contributed by atoms with Crippen molar-refractivity contribution in [3.63, 3.8) is 0 Å². The first-order chi connectivity index (χ1) is 8.08. The average Bonchev–Trinajstić information content (AvgIpc) is 2.84. The van der Waals surface area contributed by atoms with Crippen molar-refractivity contribution < 1.29 is 4.79 Å². The van der Waals surface area contributed by atoms with Gasteiger partial charge in [-0.25, -0.2) is 0 Å². The molecule has 1 atom stereocenters. The fraction of sp³-hybridized carbons (Fsp3) is 0.417. The van der Waals surface area contributed by atoms with Crippen LogP contribution in [-0.4, -0.2) is 17.8 Å². The van der Waals surface area contributed by atoms with Crippen molar-refractivity contribution in [2.75, 3.05) is 6.54 Å². The van der Waals surface area contributed by atoms with Gasteiger partial charge in [0.05, 0.1) is 10.3 Å². The van der Waals surface area contributed by atoms with E-state index in [2.05, 4.69) is 5.32 Å². The summed E-state index contributed by atoms with van der Waals surface area (Å²) < 4.78 is 2.35. The van der Waals surface area contributed by atoms with Gasteiger partial charge >= 0.3 is 0 Å². The van der Waals surface area contributed by atoms with Gasteiger partial charge in [-0.1, -0.05) is 13.8 Å². The van der Waals surface area contributed by atoms with Gasteiger partial charge in [0.2, 0.25) is 0 Å². The SMILES string of the molecule is CC(C)C(Cl)CNC(=O)c1cc2sccc2s1. The van der Waals surface area contributed by atoms with Gasteiger partial charge in [-0.2, -0.15) is 0 Å². The molecule has 2 aromatic heterocycles. The van der Waals surface area contributed by atoms with Crippen LogP contribution in [0, 0.1) is 5.92 Å². The van der Waals surface area contributed by atoms with Crippen LogP contribution in [0.2, 0.25) is 0 Å². The Hall–Kier alpha value is -0.580. The summed E-state index contributed by atoms with van der Waals surface area (Å²) in [4.78, 5) is 12.6. The predicted molar refractivity (Wildman–Crippen MR) is 76.5 cm³/mol. The molecule has 92 valence electrons. The topological polar surface area (TPSA) is 29.1 Å². The van der Waals surface area contributed by atoms with E-state index in [1.165, 1.54) is 20.7 Å². The van der Waals surface area contributed by atoms with Crippen molar-refractivity contribution in [1.29, 1.82) is 0 Å². The number of alkyl halides is 1. The zero-order valence-corrected chi connectivity index (χ0v) is 12.1. The molecule has 1 N–H and O–H groups in total. The lowest BCUT2D eigenvalue weighted by molar-refractivity contribution is 0.0956. The fourth-order valence-electron chi connectivity index (χ4n) is 1.39. The minimum Gasteiger partial charge on any atom is -0.350 e. The van der Waals surface area contributed by atoms with Crippen LogP contribution in [0.4, 0.5) is 0 Å². The lowest BCUT2D eigenvalue weighted by Gasteiger charge is -2.13. The van der Waals surface area contributed by atoms with E-state index in [1.807, 2.05) is 31.4 Å². The number of amides is 1. The molecular weight excluding hydrogens is 274 g/mol. The van der Waals surface area contributed by atoms with Gasteiger partial charge in [0.25, 0.3) is 5.91 Å². The first kappa shape index (κ1) is 12.9. The monoisotopic (exact) mass is 287 g/mol. The number of carbonyl (C=O) groups is 1. The Kier molecular flexibility index (Phi) is 4.07. The molecule has 0 fully saturated rings. The summed E-state index contributed by atoms with van der Waals surface area (Å²) in [5.41, 5.74) is 0. The third kappa shape index (κ3) is 3.00. The van der Waals surface area contributed by atoms with E-state index in [9.17, 15) is 4.79 Å². The van der Waals surface area contributed by atoms with Crippen molar-refractivity contribution in [2.24, 2.45) is 5.92 Å². The molecule has 0 radical (unpaired) electrons. The molecule has 0 bridgehead atoms. The van der Waals surface area contributed by atoms with Gasteiger partial charge in [0, 0.05) is 15.9 Å². The van der Waals surface area contributed by atoms with E-state index < -0.39 is 0 Å². The first-order valence-electron chi connectivity index (χ1n) is 5.47. The number of halogens is 1. The predicted octanol–water partition coefficient (Wildman–Crippen LogP) is 3.96. The van der Waals surface area contributed by atoms with E-state index in [0.29, 0.717) is 12.5 Å². The molecule has 5 heteroatoms. The first-order valence-corrected chi connectivity index (χ1v) is 7.60. The van der Waals surface area contributed by atoms with Crippen LogP contribution < -0.4 is 5.32 Å². The Morgan fingerprint density at radius 1 is 1.47 bits per heavy atom. The van der Waals surface area contributed by atoms with Gasteiger partial charge in [-0.3, -0.25) is 4.79 Å². The van der Waals surface area contributed by atoms with Crippen LogP contribution in [0.1, 0.15) is 23.5 Å². The highest BCUT2D eigenvalue weighted by Crippen LogP contribution is 2.29. The molecule has 2 nitrogen and oxygen atoms in total. The lowest BCUT2D eigenvalue weighted by atomic mass is 10.1. The third-order valence-electron chi connectivity index (χ3n) is 2.54. The molecule has 1 amide bonds. The molecule has 2 aromatic rings. The Labute approximate surface area is 114 Å².